The molecule has 0 rings (SSSR count). The fourth-order valence-corrected chi connectivity index (χ4v) is 11.3. The van der Waals surface area contributed by atoms with Crippen molar-refractivity contribution in [2.24, 2.45) is 11.8 Å². The Morgan fingerprint density at radius 2 is 0.548 bits per heavy atom. The molecule has 19 heteroatoms. The van der Waals surface area contributed by atoms with Crippen LogP contribution in [0.25, 0.3) is 0 Å². The van der Waals surface area contributed by atoms with Crippen molar-refractivity contribution in [3.05, 3.63) is 0 Å². The largest absolute Gasteiger partial charge is 0.472 e. The maximum Gasteiger partial charge on any atom is 0.472 e. The first-order valence-corrected chi connectivity index (χ1v) is 37.0. The minimum absolute atomic E-state index is 0.104. The van der Waals surface area contributed by atoms with Gasteiger partial charge in [-0.3, -0.25) is 37.3 Å². The van der Waals surface area contributed by atoms with E-state index < -0.39 is 97.5 Å². The van der Waals surface area contributed by atoms with Crippen molar-refractivity contribution in [1.82, 2.24) is 0 Å². The molecule has 84 heavy (non-hydrogen) atoms. The zero-order valence-corrected chi connectivity index (χ0v) is 56.0. The third-order valence-electron chi connectivity index (χ3n) is 15.0. The van der Waals surface area contributed by atoms with Crippen molar-refractivity contribution in [3.63, 3.8) is 0 Å². The lowest BCUT2D eigenvalue weighted by molar-refractivity contribution is -0.161. The fraction of sp³-hybridized carbons (Fsp3) is 0.938. The molecule has 498 valence electrons. The molecular weight excluding hydrogens is 1110 g/mol. The summed E-state index contributed by atoms with van der Waals surface area (Å²) in [6.45, 7) is 9.45. The predicted octanol–water partition coefficient (Wildman–Crippen LogP) is 18.0. The Hall–Kier alpha value is -1.94. The van der Waals surface area contributed by atoms with E-state index in [0.717, 1.165) is 121 Å². The molecule has 0 amide bonds. The summed E-state index contributed by atoms with van der Waals surface area (Å²) in [7, 11) is -9.88. The Morgan fingerprint density at radius 3 is 0.810 bits per heavy atom. The SMILES string of the molecule is CCCCCCCCCCC(=O)O[C@H](COC(=O)CCCCCCCCC)COP(=O)(O)OC[C@H](O)COP(=O)(O)OC[C@@H](COC(=O)CCCCCCCCCCCCC(C)C)OC(=O)CCCCCCCCCCCCCCCC(C)C. The summed E-state index contributed by atoms with van der Waals surface area (Å²) >= 11 is 0. The Labute approximate surface area is 511 Å². The van der Waals surface area contributed by atoms with Gasteiger partial charge in [0.1, 0.15) is 19.3 Å². The van der Waals surface area contributed by atoms with Gasteiger partial charge in [0.25, 0.3) is 0 Å². The summed E-state index contributed by atoms with van der Waals surface area (Å²) in [5.74, 6) is -0.593. The number of esters is 4. The predicted molar refractivity (Wildman–Crippen MR) is 335 cm³/mol. The molecule has 0 radical (unpaired) electrons. The average molecular weight is 1240 g/mol. The molecule has 0 aliphatic heterocycles. The normalized spacial score (nSPS) is 14.3. The number of phosphoric ester groups is 2. The van der Waals surface area contributed by atoms with Gasteiger partial charge in [-0.1, -0.05) is 273 Å². The monoisotopic (exact) mass is 1240 g/mol. The summed E-state index contributed by atoms with van der Waals surface area (Å²) in [5, 5.41) is 10.5. The highest BCUT2D eigenvalue weighted by Gasteiger charge is 2.30. The number of ether oxygens (including phenoxy) is 4. The van der Waals surface area contributed by atoms with Crippen LogP contribution in [0.3, 0.4) is 0 Å². The molecule has 0 aliphatic rings. The molecular formula is C65H126O17P2. The molecule has 0 fully saturated rings. The zero-order valence-electron chi connectivity index (χ0n) is 54.2. The summed E-state index contributed by atoms with van der Waals surface area (Å²) in [4.78, 5) is 72.1. The fourth-order valence-electron chi connectivity index (χ4n) is 9.71. The molecule has 0 aromatic carbocycles. The van der Waals surface area contributed by atoms with Gasteiger partial charge >= 0.3 is 39.5 Å². The summed E-state index contributed by atoms with van der Waals surface area (Å²) < 4.78 is 67.9. The van der Waals surface area contributed by atoms with Crippen molar-refractivity contribution in [3.8, 4) is 0 Å². The number of aliphatic hydroxyl groups is 1. The second-order valence-corrected chi connectivity index (χ2v) is 27.4. The number of carbonyl (C=O) groups excluding carboxylic acids is 4. The van der Waals surface area contributed by atoms with Crippen molar-refractivity contribution in [1.29, 1.82) is 0 Å². The topological polar surface area (TPSA) is 237 Å². The average Bonchev–Trinajstić information content (AvgIpc) is 3.65. The van der Waals surface area contributed by atoms with Gasteiger partial charge in [0.2, 0.25) is 0 Å². The number of unbranched alkanes of at least 4 members (excludes halogenated alkanes) is 34. The molecule has 0 saturated heterocycles. The standard InChI is InChI=1S/C65H126O17P2/c1-7-9-11-13-15-30-37-43-49-64(69)81-60(53-75-62(67)47-41-35-27-14-12-10-8-2)55-79-83(71,72)77-51-59(66)52-78-84(73,74)80-56-61(54-76-63(68)48-42-36-31-25-22-21-24-29-34-40-46-58(5)6)82-65(70)50-44-38-32-26-20-18-16-17-19-23-28-33-39-45-57(3)4/h57-61,66H,7-56H2,1-6H3,(H,71,72)(H,73,74)/t59-,60+,61+/m0/s1. The van der Waals surface area contributed by atoms with E-state index in [-0.39, 0.29) is 25.7 Å². The molecule has 0 saturated carbocycles. The number of carbonyl (C=O) groups is 4. The first kappa shape index (κ1) is 82.1. The molecule has 0 aliphatic carbocycles. The first-order valence-electron chi connectivity index (χ1n) is 34.0. The van der Waals surface area contributed by atoms with E-state index >= 15 is 0 Å². The van der Waals surface area contributed by atoms with Gasteiger partial charge in [0, 0.05) is 25.7 Å². The highest BCUT2D eigenvalue weighted by atomic mass is 31.2. The van der Waals surface area contributed by atoms with Crippen LogP contribution in [0.1, 0.15) is 324 Å². The summed E-state index contributed by atoms with van der Waals surface area (Å²) in [6.07, 6.45) is 40.5. The van der Waals surface area contributed by atoms with E-state index in [1.54, 1.807) is 0 Å². The summed E-state index contributed by atoms with van der Waals surface area (Å²) in [5.41, 5.74) is 0. The molecule has 0 heterocycles. The maximum absolute atomic E-state index is 13.0. The van der Waals surface area contributed by atoms with Gasteiger partial charge in [-0.05, 0) is 37.5 Å². The van der Waals surface area contributed by atoms with Crippen molar-refractivity contribution in [2.75, 3.05) is 39.6 Å². The van der Waals surface area contributed by atoms with E-state index in [2.05, 4.69) is 41.5 Å². The van der Waals surface area contributed by atoms with Gasteiger partial charge in [-0.15, -0.1) is 0 Å². The lowest BCUT2D eigenvalue weighted by Crippen LogP contribution is -2.30. The Morgan fingerprint density at radius 1 is 0.321 bits per heavy atom. The van der Waals surface area contributed by atoms with Gasteiger partial charge in [-0.2, -0.15) is 0 Å². The summed E-state index contributed by atoms with van der Waals surface area (Å²) in [6, 6.07) is 0. The Kier molecular flexibility index (Phi) is 56.2. The maximum atomic E-state index is 13.0. The van der Waals surface area contributed by atoms with Crippen LogP contribution in [-0.4, -0.2) is 96.7 Å². The van der Waals surface area contributed by atoms with Crippen LogP contribution in [0.4, 0.5) is 0 Å². The molecule has 5 atom stereocenters. The molecule has 0 aromatic heterocycles. The van der Waals surface area contributed by atoms with Gasteiger partial charge in [0.05, 0.1) is 26.4 Å². The quantitative estimate of drug-likeness (QED) is 0.0222. The highest BCUT2D eigenvalue weighted by Crippen LogP contribution is 2.45. The highest BCUT2D eigenvalue weighted by molar-refractivity contribution is 7.47. The van der Waals surface area contributed by atoms with E-state index in [4.69, 9.17) is 37.0 Å². The van der Waals surface area contributed by atoms with E-state index in [1.807, 2.05) is 0 Å². The molecule has 3 N–H and O–H groups in total. The number of rotatable bonds is 64. The lowest BCUT2D eigenvalue weighted by Gasteiger charge is -2.21. The molecule has 0 aromatic rings. The minimum atomic E-state index is -4.95. The van der Waals surface area contributed by atoms with Crippen molar-refractivity contribution in [2.45, 2.75) is 342 Å². The van der Waals surface area contributed by atoms with E-state index in [9.17, 15) is 43.2 Å². The second kappa shape index (κ2) is 57.5. The second-order valence-electron chi connectivity index (χ2n) is 24.5. The van der Waals surface area contributed by atoms with Crippen LogP contribution in [-0.2, 0) is 65.4 Å². The molecule has 0 bridgehead atoms. The Balaban J connectivity index is 5.19. The van der Waals surface area contributed by atoms with Crippen LogP contribution in [0, 0.1) is 11.8 Å². The lowest BCUT2D eigenvalue weighted by atomic mass is 10.0. The smallest absolute Gasteiger partial charge is 0.462 e. The first-order chi connectivity index (χ1) is 40.4. The zero-order chi connectivity index (χ0) is 62.2. The number of hydrogen-bond donors (Lipinski definition) is 3. The molecule has 2 unspecified atom stereocenters. The molecule has 0 spiro atoms. The van der Waals surface area contributed by atoms with Crippen molar-refractivity contribution < 1.29 is 80.2 Å². The van der Waals surface area contributed by atoms with E-state index in [0.29, 0.717) is 25.7 Å². The Bertz CT molecular complexity index is 1650. The number of phosphoric acid groups is 2. The third kappa shape index (κ3) is 59.0. The minimum Gasteiger partial charge on any atom is -0.462 e. The van der Waals surface area contributed by atoms with Crippen LogP contribution in [0.2, 0.25) is 0 Å². The number of hydrogen-bond acceptors (Lipinski definition) is 15. The van der Waals surface area contributed by atoms with Gasteiger partial charge in [-0.25, -0.2) is 9.13 Å². The van der Waals surface area contributed by atoms with E-state index in [1.165, 1.54) is 122 Å². The van der Waals surface area contributed by atoms with Crippen LogP contribution in [0.5, 0.6) is 0 Å². The van der Waals surface area contributed by atoms with Crippen LogP contribution >= 0.6 is 15.6 Å². The van der Waals surface area contributed by atoms with Crippen LogP contribution < -0.4 is 0 Å². The van der Waals surface area contributed by atoms with Gasteiger partial charge < -0.3 is 33.8 Å². The third-order valence-corrected chi connectivity index (χ3v) is 16.9. The number of aliphatic hydroxyl groups excluding tert-OH is 1. The van der Waals surface area contributed by atoms with Crippen LogP contribution in [0.15, 0.2) is 0 Å². The van der Waals surface area contributed by atoms with Crippen molar-refractivity contribution >= 4 is 39.5 Å². The van der Waals surface area contributed by atoms with Gasteiger partial charge in [0.15, 0.2) is 12.2 Å². The molecule has 17 nitrogen and oxygen atoms in total.